The van der Waals surface area contributed by atoms with Gasteiger partial charge in [-0.15, -0.1) is 0 Å². The summed E-state index contributed by atoms with van der Waals surface area (Å²) in [5.74, 6) is 3.76. The fourth-order valence-corrected chi connectivity index (χ4v) is 11.5. The second-order valence-corrected chi connectivity index (χ2v) is 19.5. The fraction of sp³-hybridized carbons (Fsp3) is 0.375. The standard InChI is InChI=1S/C48H50O5S2/c1-11-18-31(19-12-2)55(49)41-23-22-40(54-30-20-16-15-17-21-30)42-43(41)51-36-24-32-34(26-37(36)50-42)48(28-44(32,5)6)29-45(7,8)33-25-38-39(27-35(33)48)53-47(10,14-4)46(9,13-3)52-38/h11-12,15-21,24-27H,1,13-14,28-29H2,2-10H3/b19-12-,31-18+. The molecule has 4 unspecified atom stereocenters. The molecule has 7 heteroatoms. The van der Waals surface area contributed by atoms with Crippen molar-refractivity contribution in [1.29, 1.82) is 0 Å². The largest absolute Gasteiger partial charge is 0.480 e. The van der Waals surface area contributed by atoms with Gasteiger partial charge in [0.05, 0.1) is 10.8 Å². The van der Waals surface area contributed by atoms with E-state index in [1.54, 1.807) is 12.2 Å². The van der Waals surface area contributed by atoms with Crippen molar-refractivity contribution in [2.45, 2.75) is 120 Å². The van der Waals surface area contributed by atoms with Crippen molar-refractivity contribution >= 4 is 22.6 Å². The third-order valence-electron chi connectivity index (χ3n) is 12.6. The Hall–Kier alpha value is -4.38. The van der Waals surface area contributed by atoms with Gasteiger partial charge >= 0.3 is 0 Å². The fourth-order valence-electron chi connectivity index (χ4n) is 9.46. The van der Waals surface area contributed by atoms with Crippen LogP contribution in [0.15, 0.2) is 128 Å². The molecule has 3 aliphatic carbocycles. The Morgan fingerprint density at radius 2 is 1.31 bits per heavy atom. The Kier molecular flexibility index (Phi) is 8.94. The number of rotatable bonds is 8. The second-order valence-electron chi connectivity index (χ2n) is 17.0. The highest BCUT2D eigenvalue weighted by Gasteiger charge is 2.58. The van der Waals surface area contributed by atoms with Crippen molar-refractivity contribution in [2.24, 2.45) is 0 Å². The lowest BCUT2D eigenvalue weighted by atomic mass is 9.72. The molecule has 2 heterocycles. The van der Waals surface area contributed by atoms with Crippen molar-refractivity contribution in [3.05, 3.63) is 145 Å². The first-order valence-electron chi connectivity index (χ1n) is 19.4. The van der Waals surface area contributed by atoms with Crippen LogP contribution in [-0.4, -0.2) is 15.4 Å². The number of fused-ring (bicyclic) bond motifs is 6. The molecular weight excluding hydrogens is 721 g/mol. The maximum absolute atomic E-state index is 14.2. The number of thioether (sulfide) groups is 1. The Balaban J connectivity index is 1.26. The summed E-state index contributed by atoms with van der Waals surface area (Å²) in [7, 11) is -1.63. The maximum atomic E-state index is 14.2. The summed E-state index contributed by atoms with van der Waals surface area (Å²) in [6, 6.07) is 19.0. The van der Waals surface area contributed by atoms with E-state index in [9.17, 15) is 4.21 Å². The Labute approximate surface area is 333 Å². The van der Waals surface area contributed by atoms with Crippen LogP contribution in [0, 0.1) is 0 Å². The second kappa shape index (κ2) is 13.1. The molecule has 0 fully saturated rings. The molecule has 0 saturated carbocycles. The first kappa shape index (κ1) is 37.5. The van der Waals surface area contributed by atoms with Crippen molar-refractivity contribution in [2.75, 3.05) is 0 Å². The molecule has 0 amide bonds. The van der Waals surface area contributed by atoms with Gasteiger partial charge in [-0.05, 0) is 140 Å². The average Bonchev–Trinajstić information content (AvgIpc) is 3.51. The molecule has 4 atom stereocenters. The van der Waals surface area contributed by atoms with Crippen molar-refractivity contribution in [3.8, 4) is 23.0 Å². The summed E-state index contributed by atoms with van der Waals surface area (Å²) in [6.45, 7) is 23.8. The van der Waals surface area contributed by atoms with Gasteiger partial charge in [0.1, 0.15) is 21.0 Å². The third kappa shape index (κ3) is 5.77. The van der Waals surface area contributed by atoms with Gasteiger partial charge < -0.3 is 18.9 Å². The molecule has 284 valence electrons. The molecule has 5 nitrogen and oxygen atoms in total. The van der Waals surface area contributed by atoms with E-state index in [0.29, 0.717) is 37.7 Å². The minimum Gasteiger partial charge on any atom is -0.480 e. The highest BCUT2D eigenvalue weighted by Crippen LogP contribution is 2.66. The normalized spacial score (nSPS) is 27.0. The van der Waals surface area contributed by atoms with Gasteiger partial charge in [-0.2, -0.15) is 0 Å². The molecule has 0 radical (unpaired) electrons. The van der Waals surface area contributed by atoms with Crippen LogP contribution in [-0.2, 0) is 27.0 Å². The highest BCUT2D eigenvalue weighted by atomic mass is 32.2. The SMILES string of the molecule is C=C/C=C(\C=C/C)S(=O)C1=C=C=C(Sc2ccccc2)C2=C1Oc1cc3c(cc1O2)C1(CC3(C)C)CC(C)(C)c2cc3c(cc21)OC(C)(CC)C(C)(CC)O3. The lowest BCUT2D eigenvalue weighted by molar-refractivity contribution is -0.125. The van der Waals surface area contributed by atoms with Crippen LogP contribution in [0.5, 0.6) is 23.0 Å². The molecule has 0 N–H and O–H groups in total. The van der Waals surface area contributed by atoms with Crippen molar-refractivity contribution < 1.29 is 23.2 Å². The summed E-state index contributed by atoms with van der Waals surface area (Å²) >= 11 is 1.52. The molecule has 5 aliphatic rings. The lowest BCUT2D eigenvalue weighted by Crippen LogP contribution is -2.59. The van der Waals surface area contributed by atoms with Crippen molar-refractivity contribution in [3.63, 3.8) is 0 Å². The molecule has 0 bridgehead atoms. The van der Waals surface area contributed by atoms with E-state index in [4.69, 9.17) is 18.9 Å². The molecule has 8 rings (SSSR count). The van der Waals surface area contributed by atoms with Crippen LogP contribution in [0.1, 0.15) is 110 Å². The van der Waals surface area contributed by atoms with Gasteiger partial charge in [-0.25, -0.2) is 4.21 Å². The minimum absolute atomic E-state index is 0.119. The van der Waals surface area contributed by atoms with E-state index in [1.807, 2.05) is 49.4 Å². The lowest BCUT2D eigenvalue weighted by Gasteiger charge is -2.49. The number of hydrogen-bond donors (Lipinski definition) is 0. The monoisotopic (exact) mass is 770 g/mol. The van der Waals surface area contributed by atoms with E-state index in [0.717, 1.165) is 42.1 Å². The molecule has 3 aromatic rings. The molecule has 2 aliphatic heterocycles. The number of hydrogen-bond acceptors (Lipinski definition) is 6. The third-order valence-corrected chi connectivity index (χ3v) is 14.9. The van der Waals surface area contributed by atoms with Crippen LogP contribution >= 0.6 is 11.8 Å². The highest BCUT2D eigenvalue weighted by molar-refractivity contribution is 8.03. The Morgan fingerprint density at radius 3 is 1.85 bits per heavy atom. The Bertz CT molecular complexity index is 2380. The van der Waals surface area contributed by atoms with Crippen LogP contribution in [0.4, 0.5) is 0 Å². The summed E-state index contributed by atoms with van der Waals surface area (Å²) in [4.78, 5) is 2.68. The number of ether oxygens (including phenoxy) is 4. The molecule has 3 aromatic carbocycles. The van der Waals surface area contributed by atoms with E-state index in [2.05, 4.69) is 97.7 Å². The minimum atomic E-state index is -1.63. The van der Waals surface area contributed by atoms with E-state index >= 15 is 0 Å². The zero-order valence-electron chi connectivity index (χ0n) is 33.4. The number of benzene rings is 3. The number of allylic oxidation sites excluding steroid dienone is 4. The summed E-state index contributed by atoms with van der Waals surface area (Å²) in [6.07, 6.45) is 10.6. The van der Waals surface area contributed by atoms with Crippen LogP contribution in [0.2, 0.25) is 0 Å². The first-order valence-corrected chi connectivity index (χ1v) is 21.3. The Morgan fingerprint density at radius 1 is 0.782 bits per heavy atom. The van der Waals surface area contributed by atoms with Gasteiger partial charge in [0.15, 0.2) is 34.5 Å². The van der Waals surface area contributed by atoms with Crippen LogP contribution in [0.3, 0.4) is 0 Å². The van der Waals surface area contributed by atoms with Gasteiger partial charge in [-0.3, -0.25) is 0 Å². The molecular formula is C48H50O5S2. The van der Waals surface area contributed by atoms with Gasteiger partial charge in [0.2, 0.25) is 0 Å². The zero-order valence-corrected chi connectivity index (χ0v) is 35.0. The van der Waals surface area contributed by atoms with Gasteiger partial charge in [-0.1, -0.05) is 90.2 Å². The maximum Gasteiger partial charge on any atom is 0.196 e. The van der Waals surface area contributed by atoms with E-state index in [1.165, 1.54) is 34.0 Å². The van der Waals surface area contributed by atoms with Gasteiger partial charge in [0, 0.05) is 15.2 Å². The van der Waals surface area contributed by atoms with Crippen LogP contribution in [0.25, 0.3) is 0 Å². The summed E-state index contributed by atoms with van der Waals surface area (Å²) in [5, 5.41) is 0. The molecule has 0 aromatic heterocycles. The predicted octanol–water partition coefficient (Wildman–Crippen LogP) is 12.1. The quantitative estimate of drug-likeness (QED) is 0.168. The smallest absolute Gasteiger partial charge is 0.196 e. The molecule has 0 saturated heterocycles. The zero-order chi connectivity index (χ0) is 39.1. The summed E-state index contributed by atoms with van der Waals surface area (Å²) < 4.78 is 41.8. The van der Waals surface area contributed by atoms with E-state index in [-0.39, 0.29) is 16.2 Å². The molecule has 55 heavy (non-hydrogen) atoms. The van der Waals surface area contributed by atoms with Gasteiger partial charge in [0.25, 0.3) is 0 Å². The topological polar surface area (TPSA) is 54.0 Å². The average molecular weight is 771 g/mol. The van der Waals surface area contributed by atoms with Crippen molar-refractivity contribution in [1.82, 2.24) is 0 Å². The predicted molar refractivity (Wildman–Crippen MR) is 223 cm³/mol. The molecule has 1 spiro atoms. The summed E-state index contributed by atoms with van der Waals surface area (Å²) in [5.41, 5.74) is 10.1. The first-order chi connectivity index (χ1) is 26.1. The van der Waals surface area contributed by atoms with E-state index < -0.39 is 22.0 Å². The van der Waals surface area contributed by atoms with Crippen LogP contribution < -0.4 is 18.9 Å².